The Labute approximate surface area is 159 Å². The molecular formula is C18H18BrNO4S. The van der Waals surface area contributed by atoms with Crippen molar-refractivity contribution in [2.24, 2.45) is 0 Å². The lowest BCUT2D eigenvalue weighted by Crippen LogP contribution is -2.28. The normalized spacial score (nSPS) is 16.9. The van der Waals surface area contributed by atoms with E-state index in [1.165, 1.54) is 0 Å². The summed E-state index contributed by atoms with van der Waals surface area (Å²) in [5, 5.41) is -0.364. The van der Waals surface area contributed by atoms with Gasteiger partial charge in [-0.15, -0.1) is 6.42 Å². The van der Waals surface area contributed by atoms with E-state index in [2.05, 4.69) is 21.9 Å². The van der Waals surface area contributed by atoms with Gasteiger partial charge in [-0.1, -0.05) is 12.8 Å². The fourth-order valence-electron chi connectivity index (χ4n) is 2.10. The summed E-state index contributed by atoms with van der Waals surface area (Å²) < 4.78 is 12.0. The second kappa shape index (κ2) is 8.45. The molecule has 1 aliphatic rings. The highest BCUT2D eigenvalue weighted by Crippen LogP contribution is 2.39. The van der Waals surface area contributed by atoms with E-state index in [-0.39, 0.29) is 23.8 Å². The average molecular weight is 424 g/mol. The molecule has 25 heavy (non-hydrogen) atoms. The first kappa shape index (κ1) is 19.4. The van der Waals surface area contributed by atoms with Crippen molar-refractivity contribution in [1.29, 1.82) is 0 Å². The molecule has 1 aliphatic heterocycles. The van der Waals surface area contributed by atoms with Crippen molar-refractivity contribution in [1.82, 2.24) is 4.90 Å². The molecule has 5 nitrogen and oxygen atoms in total. The van der Waals surface area contributed by atoms with E-state index in [1.807, 2.05) is 19.9 Å². The van der Waals surface area contributed by atoms with Crippen LogP contribution in [0.3, 0.4) is 0 Å². The van der Waals surface area contributed by atoms with Crippen molar-refractivity contribution in [3.8, 4) is 23.8 Å². The predicted molar refractivity (Wildman–Crippen MR) is 103 cm³/mol. The van der Waals surface area contributed by atoms with E-state index in [1.54, 1.807) is 19.3 Å². The maximum Gasteiger partial charge on any atom is 0.294 e. The Morgan fingerprint density at radius 3 is 2.76 bits per heavy atom. The largest absolute Gasteiger partial charge is 0.493 e. The van der Waals surface area contributed by atoms with Crippen molar-refractivity contribution in [3.05, 3.63) is 27.1 Å². The number of rotatable bonds is 6. The van der Waals surface area contributed by atoms with E-state index in [9.17, 15) is 9.59 Å². The summed E-state index contributed by atoms with van der Waals surface area (Å²) >= 11 is 4.35. The van der Waals surface area contributed by atoms with E-state index in [0.717, 1.165) is 23.1 Å². The predicted octanol–water partition coefficient (Wildman–Crippen LogP) is 4.30. The molecule has 0 saturated carbocycles. The SMILES string of the molecule is C#CCN1C(=O)S/C(=C\c2cc(Br)c(OC(C)CC)c(OC)c2)C1=O. The molecular weight excluding hydrogens is 406 g/mol. The summed E-state index contributed by atoms with van der Waals surface area (Å²) in [4.78, 5) is 25.5. The van der Waals surface area contributed by atoms with Crippen LogP contribution in [0.4, 0.5) is 4.79 Å². The molecule has 0 spiro atoms. The summed E-state index contributed by atoms with van der Waals surface area (Å²) in [7, 11) is 1.55. The standard InChI is InChI=1S/C18H18BrNO4S/c1-5-7-20-17(21)15(25-18(20)22)10-12-8-13(19)16(14(9-12)23-4)24-11(3)6-2/h1,8-11H,6-7H2,2-4H3/b15-10-. The third-order valence-corrected chi connectivity index (χ3v) is 5.06. The Morgan fingerprint density at radius 1 is 1.44 bits per heavy atom. The maximum atomic E-state index is 12.3. The molecule has 1 atom stereocenters. The molecule has 1 aromatic rings. The highest BCUT2D eigenvalue weighted by Gasteiger charge is 2.34. The lowest BCUT2D eigenvalue weighted by Gasteiger charge is -2.17. The van der Waals surface area contributed by atoms with Gasteiger partial charge in [-0.2, -0.15) is 0 Å². The number of carbonyl (C=O) groups is 2. The summed E-state index contributed by atoms with van der Waals surface area (Å²) in [5.74, 6) is 3.08. The van der Waals surface area contributed by atoms with E-state index < -0.39 is 0 Å². The molecule has 132 valence electrons. The molecule has 1 unspecified atom stereocenters. The second-order valence-corrected chi connectivity index (χ2v) is 7.19. The van der Waals surface area contributed by atoms with Crippen molar-refractivity contribution < 1.29 is 19.1 Å². The van der Waals surface area contributed by atoms with Crippen LogP contribution in [0.25, 0.3) is 6.08 Å². The lowest BCUT2D eigenvalue weighted by atomic mass is 10.1. The van der Waals surface area contributed by atoms with E-state index >= 15 is 0 Å². The van der Waals surface area contributed by atoms with Gasteiger partial charge in [0.15, 0.2) is 11.5 Å². The number of nitrogens with zero attached hydrogens (tertiary/aromatic N) is 1. The zero-order valence-corrected chi connectivity index (χ0v) is 16.6. The van der Waals surface area contributed by atoms with Gasteiger partial charge in [-0.25, -0.2) is 0 Å². The Bertz CT molecular complexity index is 769. The van der Waals surface area contributed by atoms with Gasteiger partial charge >= 0.3 is 0 Å². The fraction of sp³-hybridized carbons (Fsp3) is 0.333. The quantitative estimate of drug-likeness (QED) is 0.504. The Balaban J connectivity index is 2.35. The molecule has 0 radical (unpaired) electrons. The molecule has 0 bridgehead atoms. The molecule has 0 aliphatic carbocycles. The van der Waals surface area contributed by atoms with Crippen LogP contribution < -0.4 is 9.47 Å². The first-order valence-electron chi connectivity index (χ1n) is 7.64. The number of amides is 2. The molecule has 2 rings (SSSR count). The Morgan fingerprint density at radius 2 is 2.16 bits per heavy atom. The van der Waals surface area contributed by atoms with Crippen molar-refractivity contribution in [2.75, 3.05) is 13.7 Å². The van der Waals surface area contributed by atoms with Gasteiger partial charge in [0.2, 0.25) is 0 Å². The number of hydrogen-bond acceptors (Lipinski definition) is 5. The zero-order valence-electron chi connectivity index (χ0n) is 14.2. The molecule has 1 saturated heterocycles. The maximum absolute atomic E-state index is 12.3. The van der Waals surface area contributed by atoms with Crippen molar-refractivity contribution in [3.63, 3.8) is 0 Å². The molecule has 7 heteroatoms. The summed E-state index contributed by atoms with van der Waals surface area (Å²) in [5.41, 5.74) is 0.714. The van der Waals surface area contributed by atoms with Crippen LogP contribution in [0.1, 0.15) is 25.8 Å². The molecule has 1 heterocycles. The van der Waals surface area contributed by atoms with Gasteiger partial charge in [0.1, 0.15) is 0 Å². The number of terminal acetylenes is 1. The molecule has 0 aromatic heterocycles. The third kappa shape index (κ3) is 4.39. The summed E-state index contributed by atoms with van der Waals surface area (Å²) in [6, 6.07) is 3.58. The smallest absolute Gasteiger partial charge is 0.294 e. The van der Waals surface area contributed by atoms with Gasteiger partial charge in [0.25, 0.3) is 11.1 Å². The Hall–Kier alpha value is -1.91. The van der Waals surface area contributed by atoms with Crippen molar-refractivity contribution in [2.45, 2.75) is 26.4 Å². The van der Waals surface area contributed by atoms with Crippen LogP contribution in [-0.2, 0) is 4.79 Å². The van der Waals surface area contributed by atoms with Crippen molar-refractivity contribution >= 4 is 44.9 Å². The average Bonchev–Trinajstić information content (AvgIpc) is 2.84. The van der Waals surface area contributed by atoms with Crippen LogP contribution in [0, 0.1) is 12.3 Å². The summed E-state index contributed by atoms with van der Waals surface area (Å²) in [6.45, 7) is 3.98. The lowest BCUT2D eigenvalue weighted by molar-refractivity contribution is -0.122. The minimum Gasteiger partial charge on any atom is -0.493 e. The van der Waals surface area contributed by atoms with Crippen LogP contribution in [0.5, 0.6) is 11.5 Å². The second-order valence-electron chi connectivity index (χ2n) is 5.34. The zero-order chi connectivity index (χ0) is 18.6. The van der Waals surface area contributed by atoms with Gasteiger partial charge < -0.3 is 9.47 Å². The van der Waals surface area contributed by atoms with Crippen LogP contribution in [0.2, 0.25) is 0 Å². The highest BCUT2D eigenvalue weighted by molar-refractivity contribution is 9.10. The summed E-state index contributed by atoms with van der Waals surface area (Å²) in [6.07, 6.45) is 7.73. The number of halogens is 1. The van der Waals surface area contributed by atoms with E-state index in [4.69, 9.17) is 15.9 Å². The molecule has 1 fully saturated rings. The van der Waals surface area contributed by atoms with E-state index in [0.29, 0.717) is 26.4 Å². The number of thioether (sulfide) groups is 1. The monoisotopic (exact) mass is 423 g/mol. The number of hydrogen-bond donors (Lipinski definition) is 0. The van der Waals surface area contributed by atoms with Gasteiger partial charge in [0, 0.05) is 0 Å². The third-order valence-electron chi connectivity index (χ3n) is 3.57. The first-order chi connectivity index (χ1) is 11.9. The minimum absolute atomic E-state index is 0.0310. The number of methoxy groups -OCH3 is 1. The number of benzene rings is 1. The van der Waals surface area contributed by atoms with Gasteiger partial charge in [-0.3, -0.25) is 14.5 Å². The fourth-order valence-corrected chi connectivity index (χ4v) is 3.49. The Kier molecular flexibility index (Phi) is 6.57. The van der Waals surface area contributed by atoms with Crippen LogP contribution in [0.15, 0.2) is 21.5 Å². The van der Waals surface area contributed by atoms with Crippen LogP contribution >= 0.6 is 27.7 Å². The van der Waals surface area contributed by atoms with Crippen LogP contribution in [-0.4, -0.2) is 35.8 Å². The highest BCUT2D eigenvalue weighted by atomic mass is 79.9. The first-order valence-corrected chi connectivity index (χ1v) is 9.25. The topological polar surface area (TPSA) is 55.8 Å². The molecule has 1 aromatic carbocycles. The minimum atomic E-state index is -0.386. The van der Waals surface area contributed by atoms with Gasteiger partial charge in [-0.05, 0) is 64.8 Å². The van der Waals surface area contributed by atoms with Gasteiger partial charge in [0.05, 0.1) is 29.1 Å². The number of carbonyl (C=O) groups excluding carboxylic acids is 2. The molecule has 0 N–H and O–H groups in total. The number of imide groups is 1. The molecule has 2 amide bonds. The number of ether oxygens (including phenoxy) is 2.